The number of carbonyl (C=O) groups excluding carboxylic acids is 2. The Morgan fingerprint density at radius 2 is 1.88 bits per heavy atom. The molecule has 0 radical (unpaired) electrons. The van der Waals surface area contributed by atoms with Gasteiger partial charge in [0.25, 0.3) is 5.91 Å². The van der Waals surface area contributed by atoms with Gasteiger partial charge in [0, 0.05) is 13.1 Å². The number of imide groups is 1. The second-order valence-corrected chi connectivity index (χ2v) is 7.96. The summed E-state index contributed by atoms with van der Waals surface area (Å²) in [7, 11) is -2.32. The number of rotatable bonds is 3. The zero-order valence-corrected chi connectivity index (χ0v) is 14.3. The molecule has 2 aliphatic rings. The molecule has 2 heterocycles. The molecule has 8 nitrogen and oxygen atoms in total. The van der Waals surface area contributed by atoms with E-state index in [-0.39, 0.29) is 36.6 Å². The number of nitrogens with one attached hydrogen (secondary N) is 2. The lowest BCUT2D eigenvalue weighted by atomic mass is 9.89. The van der Waals surface area contributed by atoms with E-state index in [0.29, 0.717) is 0 Å². The first-order valence-electron chi connectivity index (χ1n) is 7.57. The molecule has 0 unspecified atom stereocenters. The highest BCUT2D eigenvalue weighted by Gasteiger charge is 2.49. The first-order valence-corrected chi connectivity index (χ1v) is 9.01. The highest BCUT2D eigenvalue weighted by atomic mass is 32.2. The molecule has 1 aromatic carbocycles. The van der Waals surface area contributed by atoms with E-state index in [0.717, 1.165) is 5.56 Å². The van der Waals surface area contributed by atoms with Gasteiger partial charge in [0.15, 0.2) is 0 Å². The van der Waals surface area contributed by atoms with Gasteiger partial charge in [0.05, 0.1) is 7.11 Å². The maximum Gasteiger partial charge on any atom is 0.322 e. The predicted octanol–water partition coefficient (Wildman–Crippen LogP) is 0.366. The molecule has 3 rings (SSSR count). The fourth-order valence-electron chi connectivity index (χ4n) is 3.11. The lowest BCUT2D eigenvalue weighted by Gasteiger charge is -2.36. The van der Waals surface area contributed by atoms with Crippen molar-refractivity contribution in [3.63, 3.8) is 0 Å². The lowest BCUT2D eigenvalue weighted by molar-refractivity contribution is -0.125. The fourth-order valence-corrected chi connectivity index (χ4v) is 4.79. The van der Waals surface area contributed by atoms with Gasteiger partial charge in [0.2, 0.25) is 10.0 Å². The average Bonchev–Trinajstić information content (AvgIpc) is 2.81. The third-order valence-corrected chi connectivity index (χ3v) is 6.45. The molecule has 3 amide bonds. The normalized spacial score (nSPS) is 20.8. The molecule has 0 saturated carbocycles. The Bertz CT molecular complexity index is 797. The Labute approximate surface area is 140 Å². The molecule has 2 aliphatic heterocycles. The Balaban J connectivity index is 1.85. The van der Waals surface area contributed by atoms with E-state index in [2.05, 4.69) is 10.6 Å². The van der Waals surface area contributed by atoms with Crippen molar-refractivity contribution in [3.05, 3.63) is 23.8 Å². The van der Waals surface area contributed by atoms with Crippen molar-refractivity contribution in [2.45, 2.75) is 30.2 Å². The number of urea groups is 1. The summed E-state index contributed by atoms with van der Waals surface area (Å²) in [4.78, 5) is 23.4. The molecule has 0 aromatic heterocycles. The lowest BCUT2D eigenvalue weighted by Crippen LogP contribution is -2.55. The summed E-state index contributed by atoms with van der Waals surface area (Å²) < 4.78 is 32.4. The van der Waals surface area contributed by atoms with E-state index in [1.807, 2.05) is 6.92 Å². The van der Waals surface area contributed by atoms with Crippen LogP contribution >= 0.6 is 0 Å². The van der Waals surface area contributed by atoms with Crippen molar-refractivity contribution in [3.8, 4) is 5.75 Å². The standard InChI is InChI=1S/C15H19N3O5S/c1-10-3-4-11(23-2)12(9-10)24(21,22)18-7-5-15(6-8-18)13(19)16-14(20)17-15/h3-4,9H,5-8H2,1-2H3,(H2,16,17,19,20). The Morgan fingerprint density at radius 1 is 1.21 bits per heavy atom. The van der Waals surface area contributed by atoms with Gasteiger partial charge in [-0.2, -0.15) is 4.31 Å². The van der Waals surface area contributed by atoms with E-state index < -0.39 is 27.5 Å². The quantitative estimate of drug-likeness (QED) is 0.764. The monoisotopic (exact) mass is 353 g/mol. The Morgan fingerprint density at radius 3 is 2.42 bits per heavy atom. The number of hydrogen-bond donors (Lipinski definition) is 2. The van der Waals surface area contributed by atoms with E-state index in [1.165, 1.54) is 11.4 Å². The molecule has 0 aliphatic carbocycles. The van der Waals surface area contributed by atoms with Gasteiger partial charge < -0.3 is 10.1 Å². The van der Waals surface area contributed by atoms with Crippen LogP contribution in [-0.4, -0.2) is 50.4 Å². The number of carbonyl (C=O) groups is 2. The van der Waals surface area contributed by atoms with E-state index in [1.54, 1.807) is 18.2 Å². The zero-order chi connectivity index (χ0) is 17.5. The van der Waals surface area contributed by atoms with Crippen molar-refractivity contribution in [1.29, 1.82) is 0 Å². The number of hydrogen-bond acceptors (Lipinski definition) is 5. The summed E-state index contributed by atoms with van der Waals surface area (Å²) in [6.45, 7) is 2.10. The minimum absolute atomic E-state index is 0.112. The first kappa shape index (κ1) is 16.7. The molecule has 1 aromatic rings. The summed E-state index contributed by atoms with van der Waals surface area (Å²) in [6, 6.07) is 4.44. The van der Waals surface area contributed by atoms with Crippen LogP contribution in [0.1, 0.15) is 18.4 Å². The SMILES string of the molecule is COc1ccc(C)cc1S(=O)(=O)N1CCC2(CC1)NC(=O)NC2=O. The van der Waals surface area contributed by atoms with Gasteiger partial charge >= 0.3 is 6.03 Å². The van der Waals surface area contributed by atoms with Gasteiger partial charge in [-0.25, -0.2) is 13.2 Å². The van der Waals surface area contributed by atoms with Crippen LogP contribution in [0.4, 0.5) is 4.79 Å². The molecule has 2 fully saturated rings. The third-order valence-electron chi connectivity index (χ3n) is 4.53. The van der Waals surface area contributed by atoms with Crippen molar-refractivity contribution in [2.75, 3.05) is 20.2 Å². The molecule has 0 atom stereocenters. The maximum absolute atomic E-state index is 12.9. The number of amides is 3. The Hall–Kier alpha value is -2.13. The van der Waals surface area contributed by atoms with Crippen LogP contribution in [0, 0.1) is 6.92 Å². The van der Waals surface area contributed by atoms with Crippen molar-refractivity contribution >= 4 is 22.0 Å². The highest BCUT2D eigenvalue weighted by Crippen LogP contribution is 2.32. The molecule has 2 saturated heterocycles. The predicted molar refractivity (Wildman–Crippen MR) is 85.1 cm³/mol. The van der Waals surface area contributed by atoms with Crippen LogP contribution in [0.15, 0.2) is 23.1 Å². The van der Waals surface area contributed by atoms with Crippen LogP contribution in [-0.2, 0) is 14.8 Å². The topological polar surface area (TPSA) is 105 Å². The van der Waals surface area contributed by atoms with Crippen LogP contribution in [0.2, 0.25) is 0 Å². The minimum Gasteiger partial charge on any atom is -0.495 e. The highest BCUT2D eigenvalue weighted by molar-refractivity contribution is 7.89. The van der Waals surface area contributed by atoms with Gasteiger partial charge in [-0.15, -0.1) is 0 Å². The van der Waals surface area contributed by atoms with Gasteiger partial charge in [0.1, 0.15) is 16.2 Å². The average molecular weight is 353 g/mol. The minimum atomic E-state index is -3.74. The molecular weight excluding hydrogens is 334 g/mol. The number of aryl methyl sites for hydroxylation is 1. The van der Waals surface area contributed by atoms with Crippen LogP contribution < -0.4 is 15.4 Å². The van der Waals surface area contributed by atoms with Crippen molar-refractivity contribution < 1.29 is 22.7 Å². The van der Waals surface area contributed by atoms with Gasteiger partial charge in [-0.3, -0.25) is 10.1 Å². The number of nitrogens with zero attached hydrogens (tertiary/aromatic N) is 1. The summed E-state index contributed by atoms with van der Waals surface area (Å²) in [5.74, 6) is -0.106. The second-order valence-electron chi connectivity index (χ2n) is 6.05. The second kappa shape index (κ2) is 5.75. The number of benzene rings is 1. The van der Waals surface area contributed by atoms with Crippen LogP contribution in [0.25, 0.3) is 0 Å². The number of piperidine rings is 1. The largest absolute Gasteiger partial charge is 0.495 e. The zero-order valence-electron chi connectivity index (χ0n) is 13.5. The molecular formula is C15H19N3O5S. The summed E-state index contributed by atoms with van der Waals surface area (Å²) in [5.41, 5.74) is -0.190. The van der Waals surface area contributed by atoms with E-state index in [4.69, 9.17) is 4.74 Å². The molecule has 2 N–H and O–H groups in total. The van der Waals surface area contributed by atoms with E-state index in [9.17, 15) is 18.0 Å². The summed E-state index contributed by atoms with van der Waals surface area (Å²) in [6.07, 6.45) is 0.468. The molecule has 0 bridgehead atoms. The molecule has 9 heteroatoms. The first-order chi connectivity index (χ1) is 11.3. The number of sulfonamides is 1. The van der Waals surface area contributed by atoms with Gasteiger partial charge in [-0.1, -0.05) is 6.07 Å². The number of ether oxygens (including phenoxy) is 1. The van der Waals surface area contributed by atoms with Crippen molar-refractivity contribution in [2.24, 2.45) is 0 Å². The van der Waals surface area contributed by atoms with Crippen LogP contribution in [0.3, 0.4) is 0 Å². The third kappa shape index (κ3) is 2.63. The molecule has 1 spiro atoms. The smallest absolute Gasteiger partial charge is 0.322 e. The molecule has 130 valence electrons. The fraction of sp³-hybridized carbons (Fsp3) is 0.467. The van der Waals surface area contributed by atoms with Crippen molar-refractivity contribution in [1.82, 2.24) is 14.9 Å². The summed E-state index contributed by atoms with van der Waals surface area (Å²) >= 11 is 0. The van der Waals surface area contributed by atoms with E-state index >= 15 is 0 Å². The molecule has 24 heavy (non-hydrogen) atoms. The van der Waals surface area contributed by atoms with Gasteiger partial charge in [-0.05, 0) is 37.5 Å². The maximum atomic E-state index is 12.9. The number of methoxy groups -OCH3 is 1. The Kier molecular flexibility index (Phi) is 4.00. The summed E-state index contributed by atoms with van der Waals surface area (Å²) in [5, 5.41) is 4.83. The van der Waals surface area contributed by atoms with Crippen LogP contribution in [0.5, 0.6) is 5.75 Å².